The minimum absolute atomic E-state index is 0.0993. The second-order valence-electron chi connectivity index (χ2n) is 6.75. The van der Waals surface area contributed by atoms with Gasteiger partial charge >= 0.3 is 0 Å². The van der Waals surface area contributed by atoms with Crippen molar-refractivity contribution >= 4 is 11.0 Å². The molecule has 0 radical (unpaired) electrons. The van der Waals surface area contributed by atoms with E-state index >= 15 is 0 Å². The van der Waals surface area contributed by atoms with Gasteiger partial charge < -0.3 is 9.26 Å². The van der Waals surface area contributed by atoms with Gasteiger partial charge in [-0.2, -0.15) is 10.1 Å². The van der Waals surface area contributed by atoms with Gasteiger partial charge in [0.05, 0.1) is 24.1 Å². The quantitative estimate of drug-likeness (QED) is 0.421. The molecule has 0 bridgehead atoms. The van der Waals surface area contributed by atoms with Crippen LogP contribution in [0.2, 0.25) is 0 Å². The van der Waals surface area contributed by atoms with E-state index < -0.39 is 0 Å². The Morgan fingerprint density at radius 1 is 1.06 bits per heavy atom. The van der Waals surface area contributed by atoms with Crippen LogP contribution in [0.3, 0.4) is 0 Å². The van der Waals surface area contributed by atoms with Crippen molar-refractivity contribution < 1.29 is 9.26 Å². The second-order valence-corrected chi connectivity index (χ2v) is 6.75. The molecular weight excluding hydrogens is 396 g/mol. The van der Waals surface area contributed by atoms with E-state index in [2.05, 4.69) is 20.2 Å². The molecule has 31 heavy (non-hydrogen) atoms. The molecule has 0 amide bonds. The Morgan fingerprint density at radius 2 is 1.87 bits per heavy atom. The highest BCUT2D eigenvalue weighted by atomic mass is 16.5. The van der Waals surface area contributed by atoms with Gasteiger partial charge in [0, 0.05) is 0 Å². The standard InChI is InChI=1S/C22H18N6O3/c1-2-30-18-11-7-6-10-16(18)20-25-19(31-26-20)13-27-14-23-21-17(22(27)29)12-24-28(21)15-8-4-3-5-9-15/h3-12,14H,2,13H2,1H3. The molecule has 0 N–H and O–H groups in total. The van der Waals surface area contributed by atoms with Gasteiger partial charge in [0.1, 0.15) is 24.0 Å². The van der Waals surface area contributed by atoms with Gasteiger partial charge in [-0.3, -0.25) is 9.36 Å². The molecule has 9 heteroatoms. The molecule has 3 heterocycles. The molecule has 0 aliphatic heterocycles. The third-order valence-corrected chi connectivity index (χ3v) is 4.76. The SMILES string of the molecule is CCOc1ccccc1-c1noc(Cn2cnc3c(cnn3-c3ccccc3)c2=O)n1. The molecule has 0 atom stereocenters. The fourth-order valence-electron chi connectivity index (χ4n) is 3.33. The van der Waals surface area contributed by atoms with Crippen LogP contribution in [0.15, 0.2) is 76.4 Å². The normalized spacial score (nSPS) is 11.1. The molecule has 5 rings (SSSR count). The average Bonchev–Trinajstić information content (AvgIpc) is 3.45. The van der Waals surface area contributed by atoms with Crippen molar-refractivity contribution in [3.63, 3.8) is 0 Å². The largest absolute Gasteiger partial charge is 0.493 e. The predicted molar refractivity (Wildman–Crippen MR) is 113 cm³/mol. The van der Waals surface area contributed by atoms with Gasteiger partial charge in [0.2, 0.25) is 11.7 Å². The summed E-state index contributed by atoms with van der Waals surface area (Å²) in [4.78, 5) is 21.8. The van der Waals surface area contributed by atoms with Crippen LogP contribution < -0.4 is 10.3 Å². The lowest BCUT2D eigenvalue weighted by molar-refractivity contribution is 0.340. The third-order valence-electron chi connectivity index (χ3n) is 4.76. The number of para-hydroxylation sites is 2. The molecule has 0 fully saturated rings. The first kappa shape index (κ1) is 18.7. The number of benzene rings is 2. The van der Waals surface area contributed by atoms with Gasteiger partial charge in [-0.05, 0) is 31.2 Å². The van der Waals surface area contributed by atoms with Crippen molar-refractivity contribution in [1.29, 1.82) is 0 Å². The van der Waals surface area contributed by atoms with E-state index in [1.165, 1.54) is 17.1 Å². The maximum absolute atomic E-state index is 13.0. The van der Waals surface area contributed by atoms with Crippen LogP contribution in [0.4, 0.5) is 0 Å². The Bertz CT molecular complexity index is 1400. The summed E-state index contributed by atoms with van der Waals surface area (Å²) in [5.41, 5.74) is 1.81. The zero-order valence-corrected chi connectivity index (χ0v) is 16.7. The van der Waals surface area contributed by atoms with Crippen LogP contribution in [0.1, 0.15) is 12.8 Å². The lowest BCUT2D eigenvalue weighted by Crippen LogP contribution is -2.21. The summed E-state index contributed by atoms with van der Waals surface area (Å²) in [6.45, 7) is 2.54. The maximum atomic E-state index is 13.0. The van der Waals surface area contributed by atoms with E-state index in [4.69, 9.17) is 9.26 Å². The smallest absolute Gasteiger partial charge is 0.264 e. The van der Waals surface area contributed by atoms with E-state index in [-0.39, 0.29) is 12.1 Å². The Kier molecular flexibility index (Phi) is 4.75. The highest BCUT2D eigenvalue weighted by Crippen LogP contribution is 2.27. The number of hydrogen-bond donors (Lipinski definition) is 0. The fraction of sp³-hybridized carbons (Fsp3) is 0.136. The zero-order valence-electron chi connectivity index (χ0n) is 16.7. The minimum Gasteiger partial charge on any atom is -0.493 e. The predicted octanol–water partition coefficient (Wildman–Crippen LogP) is 3.08. The number of fused-ring (bicyclic) bond motifs is 1. The van der Waals surface area contributed by atoms with E-state index in [0.29, 0.717) is 35.1 Å². The molecule has 0 aliphatic rings. The van der Waals surface area contributed by atoms with Crippen molar-refractivity contribution in [2.75, 3.05) is 6.61 Å². The van der Waals surface area contributed by atoms with E-state index in [0.717, 1.165) is 11.3 Å². The molecule has 0 unspecified atom stereocenters. The third kappa shape index (κ3) is 3.46. The Labute approximate surface area is 176 Å². The van der Waals surface area contributed by atoms with Gasteiger partial charge in [0.25, 0.3) is 5.56 Å². The molecule has 9 nitrogen and oxygen atoms in total. The van der Waals surface area contributed by atoms with Crippen LogP contribution in [-0.4, -0.2) is 36.1 Å². The maximum Gasteiger partial charge on any atom is 0.264 e. The van der Waals surface area contributed by atoms with Crippen molar-refractivity contribution in [1.82, 2.24) is 29.5 Å². The molecule has 3 aromatic heterocycles. The van der Waals surface area contributed by atoms with Crippen LogP contribution in [0, 0.1) is 0 Å². The lowest BCUT2D eigenvalue weighted by Gasteiger charge is -2.06. The number of hydrogen-bond acceptors (Lipinski definition) is 7. The number of rotatable bonds is 6. The molecule has 0 aliphatic carbocycles. The monoisotopic (exact) mass is 414 g/mol. The summed E-state index contributed by atoms with van der Waals surface area (Å²) in [6.07, 6.45) is 2.98. The van der Waals surface area contributed by atoms with Crippen molar-refractivity contribution in [2.24, 2.45) is 0 Å². The van der Waals surface area contributed by atoms with Gasteiger partial charge in [0.15, 0.2) is 5.65 Å². The molecule has 154 valence electrons. The first-order valence-electron chi connectivity index (χ1n) is 9.78. The fourth-order valence-corrected chi connectivity index (χ4v) is 3.33. The van der Waals surface area contributed by atoms with E-state index in [1.54, 1.807) is 4.68 Å². The van der Waals surface area contributed by atoms with Crippen molar-refractivity contribution in [3.05, 3.63) is 83.4 Å². The van der Waals surface area contributed by atoms with E-state index in [1.807, 2.05) is 61.5 Å². The summed E-state index contributed by atoms with van der Waals surface area (Å²) in [5, 5.41) is 8.77. The molecule has 0 spiro atoms. The minimum atomic E-state index is -0.235. The lowest BCUT2D eigenvalue weighted by atomic mass is 10.2. The summed E-state index contributed by atoms with van der Waals surface area (Å²) in [7, 11) is 0. The first-order valence-corrected chi connectivity index (χ1v) is 9.78. The Hall–Kier alpha value is -4.27. The molecule has 0 saturated carbocycles. The van der Waals surface area contributed by atoms with Crippen LogP contribution in [-0.2, 0) is 6.54 Å². The van der Waals surface area contributed by atoms with Gasteiger partial charge in [-0.1, -0.05) is 35.5 Å². The molecule has 5 aromatic rings. The number of aromatic nitrogens is 6. The number of ether oxygens (including phenoxy) is 1. The Morgan fingerprint density at radius 3 is 2.71 bits per heavy atom. The van der Waals surface area contributed by atoms with Crippen molar-refractivity contribution in [2.45, 2.75) is 13.5 Å². The molecular formula is C22H18N6O3. The van der Waals surface area contributed by atoms with Crippen molar-refractivity contribution in [3.8, 4) is 22.8 Å². The highest BCUT2D eigenvalue weighted by molar-refractivity contribution is 5.74. The van der Waals surface area contributed by atoms with E-state index in [9.17, 15) is 4.79 Å². The highest BCUT2D eigenvalue weighted by Gasteiger charge is 2.16. The first-order chi connectivity index (χ1) is 15.2. The van der Waals surface area contributed by atoms with Crippen LogP contribution in [0.25, 0.3) is 28.1 Å². The summed E-state index contributed by atoms with van der Waals surface area (Å²) in [5.74, 6) is 1.36. The van der Waals surface area contributed by atoms with Crippen LogP contribution >= 0.6 is 0 Å². The second kappa shape index (κ2) is 7.86. The summed E-state index contributed by atoms with van der Waals surface area (Å²) in [6, 6.07) is 17.0. The zero-order chi connectivity index (χ0) is 21.2. The van der Waals surface area contributed by atoms with Gasteiger partial charge in [-0.15, -0.1) is 0 Å². The van der Waals surface area contributed by atoms with Gasteiger partial charge in [-0.25, -0.2) is 9.67 Å². The average molecular weight is 414 g/mol. The molecule has 2 aromatic carbocycles. The number of nitrogens with zero attached hydrogens (tertiary/aromatic N) is 6. The van der Waals surface area contributed by atoms with Crippen LogP contribution in [0.5, 0.6) is 5.75 Å². The molecule has 0 saturated heterocycles. The Balaban J connectivity index is 1.46. The summed E-state index contributed by atoms with van der Waals surface area (Å²) >= 11 is 0. The summed E-state index contributed by atoms with van der Waals surface area (Å²) < 4.78 is 14.1. The topological polar surface area (TPSA) is 101 Å².